The van der Waals surface area contributed by atoms with Crippen LogP contribution in [0.3, 0.4) is 0 Å². The first-order valence-electron chi connectivity index (χ1n) is 15.9. The molecule has 2 saturated heterocycles. The van der Waals surface area contributed by atoms with Crippen molar-refractivity contribution in [3.63, 3.8) is 0 Å². The number of nitrogens with one attached hydrogen (secondary N) is 1. The molecular formula is C33H41F3N6O5S. The average Bonchev–Trinajstić information content (AvgIpc) is 3.74. The number of nitrogens with zero attached hydrogens (tertiary/aromatic N) is 5. The number of likely N-dealkylation sites (tertiary alicyclic amines) is 1. The lowest BCUT2D eigenvalue weighted by atomic mass is 9.89. The fourth-order valence-corrected chi connectivity index (χ4v) is 7.03. The Labute approximate surface area is 281 Å². The van der Waals surface area contributed by atoms with Gasteiger partial charge in [0, 0.05) is 36.3 Å². The standard InChI is InChI=1S/C33H41F3N6O5S/c1-7-47-30(44)24-22(38-27(28-37-12-14-48-28)39-25(24)20-9-8-10-21(34)19(20)4)15-40-17-33(35,36)26-23(40)16-42(29(43)18(2)3)41(26)13-11-32(5,6)31(45)46/h8-10,12,14,18,23,25-26H,7,11,13,15-17H2,1-6H3,(H,38,39)(H,45,46)/t23-,25+,26+/m1/s1. The zero-order chi connectivity index (χ0) is 35.1. The summed E-state index contributed by atoms with van der Waals surface area (Å²) in [6.07, 6.45) is 1.62. The largest absolute Gasteiger partial charge is 0.481 e. The summed E-state index contributed by atoms with van der Waals surface area (Å²) in [5.74, 6) is -6.13. The Bertz CT molecular complexity index is 1630. The number of ether oxygens (including phenoxy) is 1. The number of aliphatic carboxylic acids is 1. The number of thiazole rings is 1. The number of aliphatic imine (C=N–C) groups is 1. The molecule has 0 saturated carbocycles. The van der Waals surface area contributed by atoms with Crippen molar-refractivity contribution < 1.29 is 37.4 Å². The third-order valence-electron chi connectivity index (χ3n) is 9.19. The molecule has 4 heterocycles. The average molecular weight is 691 g/mol. The molecule has 3 atom stereocenters. The monoisotopic (exact) mass is 690 g/mol. The topological polar surface area (TPSA) is 128 Å². The Kier molecular flexibility index (Phi) is 10.0. The van der Waals surface area contributed by atoms with E-state index in [2.05, 4.69) is 10.3 Å². The molecule has 260 valence electrons. The van der Waals surface area contributed by atoms with Gasteiger partial charge in [0.15, 0.2) is 10.8 Å². The number of esters is 1. The number of amidine groups is 1. The maximum atomic E-state index is 16.1. The summed E-state index contributed by atoms with van der Waals surface area (Å²) in [4.78, 5) is 49.5. The van der Waals surface area contributed by atoms with Gasteiger partial charge in [-0.2, -0.15) is 0 Å². The number of amides is 1. The van der Waals surface area contributed by atoms with E-state index >= 15 is 8.78 Å². The molecule has 1 aromatic heterocycles. The molecule has 0 spiro atoms. The molecule has 15 heteroatoms. The van der Waals surface area contributed by atoms with Crippen molar-refractivity contribution in [2.45, 2.75) is 72.0 Å². The molecule has 2 N–H and O–H groups in total. The van der Waals surface area contributed by atoms with Crippen molar-refractivity contribution in [3.05, 3.63) is 63.0 Å². The fraction of sp³-hybridized carbons (Fsp3) is 0.545. The second kappa shape index (κ2) is 13.6. The van der Waals surface area contributed by atoms with Crippen LogP contribution < -0.4 is 5.32 Å². The van der Waals surface area contributed by atoms with E-state index in [-0.39, 0.29) is 55.4 Å². The summed E-state index contributed by atoms with van der Waals surface area (Å²) in [5, 5.41) is 17.8. The van der Waals surface area contributed by atoms with Crippen molar-refractivity contribution in [2.75, 3.05) is 32.8 Å². The molecule has 2 aromatic rings. The molecule has 5 rings (SSSR count). The van der Waals surface area contributed by atoms with Gasteiger partial charge in [0.25, 0.3) is 5.92 Å². The lowest BCUT2D eigenvalue weighted by molar-refractivity contribution is -0.161. The van der Waals surface area contributed by atoms with Crippen LogP contribution in [0, 0.1) is 24.1 Å². The minimum absolute atomic E-state index is 0.0333. The first-order chi connectivity index (χ1) is 22.6. The lowest BCUT2D eigenvalue weighted by Crippen LogP contribution is -2.53. The number of hydrogen-bond acceptors (Lipinski definition) is 10. The van der Waals surface area contributed by atoms with Crippen LogP contribution in [-0.4, -0.2) is 99.5 Å². The van der Waals surface area contributed by atoms with E-state index in [0.717, 1.165) is 0 Å². The van der Waals surface area contributed by atoms with Crippen molar-refractivity contribution >= 4 is 35.0 Å². The highest BCUT2D eigenvalue weighted by molar-refractivity contribution is 7.11. The van der Waals surface area contributed by atoms with E-state index in [1.54, 1.807) is 45.3 Å². The van der Waals surface area contributed by atoms with Crippen LogP contribution in [0.4, 0.5) is 13.2 Å². The zero-order valence-electron chi connectivity index (χ0n) is 27.8. The van der Waals surface area contributed by atoms with E-state index in [0.29, 0.717) is 16.4 Å². The van der Waals surface area contributed by atoms with Crippen LogP contribution in [0.2, 0.25) is 0 Å². The molecule has 11 nitrogen and oxygen atoms in total. The number of benzene rings is 1. The molecule has 1 aromatic carbocycles. The smallest absolute Gasteiger partial charge is 0.338 e. The molecular weight excluding hydrogens is 649 g/mol. The summed E-state index contributed by atoms with van der Waals surface area (Å²) in [7, 11) is 0. The summed E-state index contributed by atoms with van der Waals surface area (Å²) < 4.78 is 52.6. The van der Waals surface area contributed by atoms with Crippen molar-refractivity contribution in [1.29, 1.82) is 0 Å². The Balaban J connectivity index is 1.57. The predicted octanol–water partition coefficient (Wildman–Crippen LogP) is 4.40. The first kappa shape index (κ1) is 35.5. The SMILES string of the molecule is CCOC(=O)C1=C(CN2CC(F)(F)[C@@H]3[C@H]2CN(C(=O)C(C)C)N3CCC(C)(C)C(=O)O)NC(c2nccs2)=N[C@H]1c1cccc(F)c1C. The highest BCUT2D eigenvalue weighted by Crippen LogP contribution is 2.43. The number of carbonyl (C=O) groups excluding carboxylic acids is 2. The molecule has 0 radical (unpaired) electrons. The molecule has 0 aliphatic carbocycles. The fourth-order valence-electron chi connectivity index (χ4n) is 6.44. The Hall–Kier alpha value is -3.82. The van der Waals surface area contributed by atoms with Crippen molar-refractivity contribution in [3.8, 4) is 0 Å². The summed E-state index contributed by atoms with van der Waals surface area (Å²) in [6.45, 7) is 8.70. The predicted molar refractivity (Wildman–Crippen MR) is 173 cm³/mol. The normalized spacial score (nSPS) is 22.9. The quantitative estimate of drug-likeness (QED) is 0.330. The van der Waals surface area contributed by atoms with Gasteiger partial charge in [-0.15, -0.1) is 11.3 Å². The minimum atomic E-state index is -3.30. The third-order valence-corrected chi connectivity index (χ3v) is 9.97. The second-order valence-corrected chi connectivity index (χ2v) is 14.2. The van der Waals surface area contributed by atoms with Crippen LogP contribution >= 0.6 is 11.3 Å². The lowest BCUT2D eigenvalue weighted by Gasteiger charge is -2.36. The Morgan fingerprint density at radius 2 is 1.98 bits per heavy atom. The number of carbonyl (C=O) groups is 3. The van der Waals surface area contributed by atoms with Crippen molar-refractivity contribution in [1.82, 2.24) is 25.2 Å². The zero-order valence-corrected chi connectivity index (χ0v) is 28.6. The number of hydrogen-bond donors (Lipinski definition) is 2. The van der Waals surface area contributed by atoms with Gasteiger partial charge in [-0.1, -0.05) is 26.0 Å². The van der Waals surface area contributed by atoms with Gasteiger partial charge in [0.05, 0.1) is 36.7 Å². The number of aromatic nitrogens is 1. The van der Waals surface area contributed by atoms with Gasteiger partial charge in [0.2, 0.25) is 5.91 Å². The van der Waals surface area contributed by atoms with Crippen LogP contribution in [0.25, 0.3) is 0 Å². The summed E-state index contributed by atoms with van der Waals surface area (Å²) in [6, 6.07) is 1.19. The molecule has 3 aliphatic heterocycles. The van der Waals surface area contributed by atoms with Crippen LogP contribution in [0.5, 0.6) is 0 Å². The number of alkyl halides is 2. The number of carboxylic acids is 1. The van der Waals surface area contributed by atoms with Gasteiger partial charge in [0.1, 0.15) is 17.9 Å². The van der Waals surface area contributed by atoms with Crippen molar-refractivity contribution in [2.24, 2.45) is 16.3 Å². The molecule has 0 bridgehead atoms. The number of halogens is 3. The Morgan fingerprint density at radius 1 is 1.25 bits per heavy atom. The van der Waals surface area contributed by atoms with E-state index in [4.69, 9.17) is 9.73 Å². The molecule has 3 aliphatic rings. The van der Waals surface area contributed by atoms with Crippen LogP contribution in [0.15, 0.2) is 46.0 Å². The third kappa shape index (κ3) is 6.72. The van der Waals surface area contributed by atoms with E-state index in [9.17, 15) is 23.9 Å². The van der Waals surface area contributed by atoms with Gasteiger partial charge >= 0.3 is 11.9 Å². The van der Waals surface area contributed by atoms with Crippen LogP contribution in [-0.2, 0) is 19.1 Å². The summed E-state index contributed by atoms with van der Waals surface area (Å²) in [5.41, 5.74) is -0.201. The Morgan fingerprint density at radius 3 is 2.60 bits per heavy atom. The minimum Gasteiger partial charge on any atom is -0.481 e. The maximum absolute atomic E-state index is 16.1. The number of hydrazine groups is 1. The van der Waals surface area contributed by atoms with Crippen LogP contribution in [0.1, 0.15) is 63.2 Å². The summed E-state index contributed by atoms with van der Waals surface area (Å²) >= 11 is 1.29. The molecule has 48 heavy (non-hydrogen) atoms. The van der Waals surface area contributed by atoms with Gasteiger partial charge in [-0.25, -0.2) is 28.0 Å². The highest BCUT2D eigenvalue weighted by atomic mass is 32.1. The van der Waals surface area contributed by atoms with E-state index < -0.39 is 59.7 Å². The maximum Gasteiger partial charge on any atom is 0.338 e. The first-order valence-corrected chi connectivity index (χ1v) is 16.8. The number of carboxylic acid groups (broad SMARTS) is 1. The van der Waals surface area contributed by atoms with E-state index in [1.165, 1.54) is 52.2 Å². The number of fused-ring (bicyclic) bond motifs is 1. The van der Waals surface area contributed by atoms with Gasteiger partial charge in [-0.05, 0) is 51.3 Å². The van der Waals surface area contributed by atoms with Gasteiger partial charge < -0.3 is 15.2 Å². The highest BCUT2D eigenvalue weighted by Gasteiger charge is 2.63. The molecule has 2 fully saturated rings. The van der Waals surface area contributed by atoms with Gasteiger partial charge in [-0.3, -0.25) is 24.5 Å². The number of rotatable bonds is 11. The van der Waals surface area contributed by atoms with E-state index in [1.807, 2.05) is 0 Å². The second-order valence-electron chi connectivity index (χ2n) is 13.3. The molecule has 1 amide bonds. The molecule has 0 unspecified atom stereocenters.